The number of hydrogen-bond acceptors (Lipinski definition) is 5. The molecule has 36 heavy (non-hydrogen) atoms. The molecule has 1 saturated carbocycles. The van der Waals surface area contributed by atoms with Crippen molar-refractivity contribution in [2.24, 2.45) is 5.92 Å². The Hall–Kier alpha value is -3.05. The van der Waals surface area contributed by atoms with E-state index in [0.717, 1.165) is 19.2 Å². The Kier molecular flexibility index (Phi) is 7.75. The Bertz CT molecular complexity index is 1120. The van der Waals surface area contributed by atoms with E-state index in [-0.39, 0.29) is 54.9 Å². The molecule has 0 bridgehead atoms. The van der Waals surface area contributed by atoms with Crippen molar-refractivity contribution in [2.45, 2.75) is 69.4 Å². The van der Waals surface area contributed by atoms with E-state index in [9.17, 15) is 41.3 Å². The number of ether oxygens (including phenoxy) is 2. The monoisotopic (exact) mass is 521 g/mol. The standard InChI is InChI=1S/C24H25F6NO5/c1-22(31(33)34,12-11-20(32)35-2)16-6-9-18-14(13-16)3-10-19(21(18)24(28,29)30)36-17-7-4-15(5-8-17)23(25,26)27/h3,6,9-10,13,15,17H,4-5,7-8,11-12H2,1-2H3/t15-,17-,22?. The molecule has 0 saturated heterocycles. The summed E-state index contributed by atoms with van der Waals surface area (Å²) in [6.45, 7) is 1.27. The first-order valence-electron chi connectivity index (χ1n) is 11.3. The second-order valence-corrected chi connectivity index (χ2v) is 9.11. The highest BCUT2D eigenvalue weighted by molar-refractivity contribution is 5.89. The zero-order valence-electron chi connectivity index (χ0n) is 19.5. The fraction of sp³-hybridized carbons (Fsp3) is 0.542. The number of nitro groups is 1. The number of alkyl halides is 6. The summed E-state index contributed by atoms with van der Waals surface area (Å²) < 4.78 is 91.0. The molecule has 12 heteroatoms. The minimum Gasteiger partial charge on any atom is -0.490 e. The number of nitrogens with zero attached hydrogens (tertiary/aromatic N) is 1. The van der Waals surface area contributed by atoms with Crippen LogP contribution in [-0.4, -0.2) is 30.3 Å². The molecular formula is C24H25F6NO5. The molecule has 0 N–H and O–H groups in total. The third kappa shape index (κ3) is 5.84. The van der Waals surface area contributed by atoms with E-state index in [4.69, 9.17) is 4.74 Å². The normalized spacial score (nSPS) is 20.6. The van der Waals surface area contributed by atoms with Crippen molar-refractivity contribution in [3.63, 3.8) is 0 Å². The van der Waals surface area contributed by atoms with E-state index in [1.54, 1.807) is 0 Å². The fourth-order valence-corrected chi connectivity index (χ4v) is 4.51. The molecular weight excluding hydrogens is 496 g/mol. The Morgan fingerprint density at radius 1 is 1.06 bits per heavy atom. The van der Waals surface area contributed by atoms with Crippen molar-refractivity contribution in [1.29, 1.82) is 0 Å². The van der Waals surface area contributed by atoms with Gasteiger partial charge < -0.3 is 9.47 Å². The first-order chi connectivity index (χ1) is 16.7. The molecule has 2 aromatic carbocycles. The molecule has 0 radical (unpaired) electrons. The Morgan fingerprint density at radius 3 is 2.22 bits per heavy atom. The average molecular weight is 521 g/mol. The highest BCUT2D eigenvalue weighted by atomic mass is 19.4. The van der Waals surface area contributed by atoms with Crippen LogP contribution in [0, 0.1) is 16.0 Å². The van der Waals surface area contributed by atoms with Gasteiger partial charge in [0.1, 0.15) is 11.3 Å². The lowest BCUT2D eigenvalue weighted by Crippen LogP contribution is -2.33. The first kappa shape index (κ1) is 27.5. The van der Waals surface area contributed by atoms with Crippen LogP contribution in [0.3, 0.4) is 0 Å². The second kappa shape index (κ2) is 10.1. The smallest absolute Gasteiger partial charge is 0.420 e. The van der Waals surface area contributed by atoms with Gasteiger partial charge in [0.2, 0.25) is 5.54 Å². The highest BCUT2D eigenvalue weighted by Gasteiger charge is 2.43. The van der Waals surface area contributed by atoms with Crippen molar-refractivity contribution in [3.8, 4) is 5.75 Å². The van der Waals surface area contributed by atoms with Gasteiger partial charge in [0.25, 0.3) is 0 Å². The van der Waals surface area contributed by atoms with Gasteiger partial charge in [-0.15, -0.1) is 0 Å². The SMILES string of the molecule is COC(=O)CCC(C)(c1ccc2c(C(F)(F)F)c(O[C@H]3CC[C@H](C(F)(F)F)CC3)ccc2c1)[N+](=O)[O-]. The maximum absolute atomic E-state index is 14.1. The lowest BCUT2D eigenvalue weighted by molar-refractivity contribution is -0.575. The van der Waals surface area contributed by atoms with Gasteiger partial charge in [0.15, 0.2) is 0 Å². The number of carbonyl (C=O) groups is 1. The summed E-state index contributed by atoms with van der Waals surface area (Å²) in [4.78, 5) is 22.7. The number of methoxy groups -OCH3 is 1. The first-order valence-corrected chi connectivity index (χ1v) is 11.3. The quantitative estimate of drug-likeness (QED) is 0.173. The number of esters is 1. The largest absolute Gasteiger partial charge is 0.490 e. The van der Waals surface area contributed by atoms with Gasteiger partial charge in [-0.3, -0.25) is 14.9 Å². The van der Waals surface area contributed by atoms with Crippen molar-refractivity contribution in [1.82, 2.24) is 0 Å². The minimum absolute atomic E-state index is 0.0279. The summed E-state index contributed by atoms with van der Waals surface area (Å²) in [6, 6.07) is 5.99. The summed E-state index contributed by atoms with van der Waals surface area (Å²) in [6.07, 6.45) is -11.0. The van der Waals surface area contributed by atoms with Crippen LogP contribution in [0.2, 0.25) is 0 Å². The number of carbonyl (C=O) groups excluding carboxylic acids is 1. The Labute approximate surface area is 202 Å². The topological polar surface area (TPSA) is 78.7 Å². The van der Waals surface area contributed by atoms with Crippen molar-refractivity contribution in [2.75, 3.05) is 7.11 Å². The molecule has 0 spiro atoms. The van der Waals surface area contributed by atoms with Crippen molar-refractivity contribution in [3.05, 3.63) is 51.6 Å². The van der Waals surface area contributed by atoms with Crippen LogP contribution in [0.15, 0.2) is 30.3 Å². The van der Waals surface area contributed by atoms with Crippen molar-refractivity contribution >= 4 is 16.7 Å². The van der Waals surface area contributed by atoms with Crippen molar-refractivity contribution < 1.29 is 45.5 Å². The molecule has 6 nitrogen and oxygen atoms in total. The van der Waals surface area contributed by atoms with Crippen LogP contribution in [0.4, 0.5) is 26.3 Å². The summed E-state index contributed by atoms with van der Waals surface area (Å²) in [7, 11) is 1.14. The van der Waals surface area contributed by atoms with Crippen LogP contribution >= 0.6 is 0 Å². The second-order valence-electron chi connectivity index (χ2n) is 9.11. The van der Waals surface area contributed by atoms with Gasteiger partial charge in [-0.05, 0) is 48.6 Å². The molecule has 1 atom stereocenters. The van der Waals surface area contributed by atoms with Crippen LogP contribution < -0.4 is 4.74 Å². The molecule has 1 unspecified atom stereocenters. The van der Waals surface area contributed by atoms with Gasteiger partial charge in [-0.1, -0.05) is 18.2 Å². The molecule has 1 fully saturated rings. The Morgan fingerprint density at radius 2 is 1.69 bits per heavy atom. The third-order valence-corrected chi connectivity index (χ3v) is 6.76. The lowest BCUT2D eigenvalue weighted by Gasteiger charge is -2.31. The van der Waals surface area contributed by atoms with Gasteiger partial charge in [0.05, 0.1) is 25.6 Å². The summed E-state index contributed by atoms with van der Waals surface area (Å²) >= 11 is 0. The predicted molar refractivity (Wildman–Crippen MR) is 117 cm³/mol. The summed E-state index contributed by atoms with van der Waals surface area (Å²) in [5, 5.41) is 11.6. The van der Waals surface area contributed by atoms with E-state index >= 15 is 0 Å². The summed E-state index contributed by atoms with van der Waals surface area (Å²) in [5.74, 6) is -2.65. The van der Waals surface area contributed by atoms with Crippen LogP contribution in [0.25, 0.3) is 10.8 Å². The lowest BCUT2D eigenvalue weighted by atomic mass is 9.86. The van der Waals surface area contributed by atoms with Gasteiger partial charge in [-0.25, -0.2) is 0 Å². The van der Waals surface area contributed by atoms with E-state index in [1.165, 1.54) is 25.1 Å². The van der Waals surface area contributed by atoms with Gasteiger partial charge in [-0.2, -0.15) is 26.3 Å². The van der Waals surface area contributed by atoms with E-state index < -0.39 is 52.1 Å². The maximum atomic E-state index is 14.1. The number of hydrogen-bond donors (Lipinski definition) is 0. The number of halogens is 6. The highest BCUT2D eigenvalue weighted by Crippen LogP contribution is 2.44. The molecule has 0 heterocycles. The predicted octanol–water partition coefficient (Wildman–Crippen LogP) is 6.80. The zero-order chi connectivity index (χ0) is 26.9. The molecule has 2 aromatic rings. The van der Waals surface area contributed by atoms with Crippen LogP contribution in [-0.2, 0) is 21.2 Å². The van der Waals surface area contributed by atoms with E-state index in [1.807, 2.05) is 0 Å². The summed E-state index contributed by atoms with van der Waals surface area (Å²) in [5.41, 5.74) is -2.74. The Balaban J connectivity index is 1.95. The van der Waals surface area contributed by atoms with Crippen LogP contribution in [0.5, 0.6) is 5.75 Å². The van der Waals surface area contributed by atoms with Gasteiger partial charge in [0, 0.05) is 23.8 Å². The van der Waals surface area contributed by atoms with Crippen LogP contribution in [0.1, 0.15) is 56.6 Å². The third-order valence-electron chi connectivity index (χ3n) is 6.76. The average Bonchev–Trinajstić information content (AvgIpc) is 2.80. The molecule has 0 amide bonds. The minimum atomic E-state index is -4.85. The van der Waals surface area contributed by atoms with E-state index in [2.05, 4.69) is 4.74 Å². The molecule has 0 aromatic heterocycles. The molecule has 198 valence electrons. The van der Waals surface area contributed by atoms with Gasteiger partial charge >= 0.3 is 18.3 Å². The number of benzene rings is 2. The molecule has 1 aliphatic rings. The fourth-order valence-electron chi connectivity index (χ4n) is 4.51. The zero-order valence-corrected chi connectivity index (χ0v) is 19.5. The maximum Gasteiger partial charge on any atom is 0.420 e. The molecule has 0 aliphatic heterocycles. The van der Waals surface area contributed by atoms with E-state index in [0.29, 0.717) is 0 Å². The number of rotatable bonds is 7. The molecule has 3 rings (SSSR count). The molecule has 1 aliphatic carbocycles. The number of fused-ring (bicyclic) bond motifs is 1.